The van der Waals surface area contributed by atoms with E-state index < -0.39 is 30.1 Å². The third-order valence-electron chi connectivity index (χ3n) is 4.32. The molecular weight excluding hydrogens is 388 g/mol. The van der Waals surface area contributed by atoms with E-state index in [-0.39, 0.29) is 0 Å². The van der Waals surface area contributed by atoms with Crippen LogP contribution in [0.4, 0.5) is 4.79 Å². The van der Waals surface area contributed by atoms with Crippen LogP contribution in [0.25, 0.3) is 0 Å². The predicted molar refractivity (Wildman–Crippen MR) is 110 cm³/mol. The highest BCUT2D eigenvalue weighted by molar-refractivity contribution is 7.10. The van der Waals surface area contributed by atoms with Crippen LogP contribution < -0.4 is 11.1 Å². The van der Waals surface area contributed by atoms with Crippen LogP contribution in [-0.4, -0.2) is 18.3 Å². The Labute approximate surface area is 172 Å². The Kier molecular flexibility index (Phi) is 6.41. The molecule has 0 saturated carbocycles. The Morgan fingerprint density at radius 2 is 1.59 bits per heavy atom. The van der Waals surface area contributed by atoms with E-state index in [0.717, 1.165) is 11.1 Å². The van der Waals surface area contributed by atoms with E-state index in [1.165, 1.54) is 11.3 Å². The number of nitrogens with two attached hydrogens (primary N) is 1. The van der Waals surface area contributed by atoms with E-state index in [1.807, 2.05) is 60.7 Å². The third kappa shape index (κ3) is 4.89. The highest BCUT2D eigenvalue weighted by Gasteiger charge is 2.39. The van der Waals surface area contributed by atoms with Crippen molar-refractivity contribution >= 4 is 29.6 Å². The van der Waals surface area contributed by atoms with Gasteiger partial charge in [0.1, 0.15) is 0 Å². The zero-order valence-corrected chi connectivity index (χ0v) is 16.2. The number of amides is 2. The minimum atomic E-state index is -1.70. The maximum Gasteiger partial charge on any atom is 0.313 e. The summed E-state index contributed by atoms with van der Waals surface area (Å²) in [5, 5.41) is 4.08. The first kappa shape index (κ1) is 20.3. The van der Waals surface area contributed by atoms with E-state index >= 15 is 0 Å². The summed E-state index contributed by atoms with van der Waals surface area (Å²) in [6, 6.07) is 20.9. The fraction of sp³-hybridized carbons (Fsp3) is 0.136. The van der Waals surface area contributed by atoms with Crippen molar-refractivity contribution < 1.29 is 19.1 Å². The fourth-order valence-corrected chi connectivity index (χ4v) is 3.84. The van der Waals surface area contributed by atoms with Crippen molar-refractivity contribution in [2.75, 3.05) is 0 Å². The van der Waals surface area contributed by atoms with Gasteiger partial charge in [0.2, 0.25) is 6.29 Å². The second-order valence-electron chi connectivity index (χ2n) is 6.34. The van der Waals surface area contributed by atoms with Gasteiger partial charge >= 0.3 is 12.0 Å². The van der Waals surface area contributed by atoms with Crippen LogP contribution in [-0.2, 0) is 19.9 Å². The van der Waals surface area contributed by atoms with Crippen LogP contribution in [0.5, 0.6) is 0 Å². The zero-order chi connectivity index (χ0) is 20.7. The molecule has 2 amide bonds. The average molecular weight is 407 g/mol. The number of esters is 1. The van der Waals surface area contributed by atoms with Crippen molar-refractivity contribution in [1.82, 2.24) is 5.32 Å². The summed E-state index contributed by atoms with van der Waals surface area (Å²) in [5.74, 6) is -0.673. The maximum absolute atomic E-state index is 12.9. The van der Waals surface area contributed by atoms with Crippen LogP contribution in [0.2, 0.25) is 0 Å². The van der Waals surface area contributed by atoms with E-state index in [2.05, 4.69) is 5.32 Å². The van der Waals surface area contributed by atoms with Gasteiger partial charge in [-0.25, -0.2) is 4.79 Å². The summed E-state index contributed by atoms with van der Waals surface area (Å²) in [6.45, 7) is 0. The fourth-order valence-electron chi connectivity index (χ4n) is 3.01. The quantitative estimate of drug-likeness (QED) is 0.559. The highest BCUT2D eigenvalue weighted by Crippen LogP contribution is 2.31. The van der Waals surface area contributed by atoms with Gasteiger partial charge in [-0.05, 0) is 22.6 Å². The zero-order valence-electron chi connectivity index (χ0n) is 15.4. The summed E-state index contributed by atoms with van der Waals surface area (Å²) >= 11 is 1.21. The monoisotopic (exact) mass is 407 g/mol. The van der Waals surface area contributed by atoms with Crippen molar-refractivity contribution in [1.29, 1.82) is 0 Å². The van der Waals surface area contributed by atoms with Gasteiger partial charge in [-0.3, -0.25) is 9.59 Å². The number of carbonyl (C=O) groups excluding carboxylic acids is 3. The van der Waals surface area contributed by atoms with Gasteiger partial charge < -0.3 is 15.8 Å². The Hall–Kier alpha value is -3.45. The topological polar surface area (TPSA) is 98.5 Å². The third-order valence-corrected chi connectivity index (χ3v) is 5.35. The number of urea groups is 1. The van der Waals surface area contributed by atoms with Gasteiger partial charge in [-0.15, -0.1) is 11.3 Å². The number of thiophene rings is 1. The summed E-state index contributed by atoms with van der Waals surface area (Å²) in [5.41, 5.74) is 5.11. The molecule has 3 aromatic rings. The molecule has 3 rings (SSSR count). The number of nitrogens with one attached hydrogen (secondary N) is 1. The van der Waals surface area contributed by atoms with Gasteiger partial charge in [-0.1, -0.05) is 66.7 Å². The normalized spacial score (nSPS) is 12.7. The molecule has 0 fully saturated rings. The van der Waals surface area contributed by atoms with Crippen LogP contribution in [0.1, 0.15) is 28.5 Å². The lowest BCUT2D eigenvalue weighted by Crippen LogP contribution is -2.50. The van der Waals surface area contributed by atoms with Gasteiger partial charge in [0.25, 0.3) is 0 Å². The molecule has 29 heavy (non-hydrogen) atoms. The minimum Gasteiger partial charge on any atom is -0.452 e. The van der Waals surface area contributed by atoms with Gasteiger partial charge in [0.15, 0.2) is 11.6 Å². The predicted octanol–water partition coefficient (Wildman–Crippen LogP) is 3.44. The van der Waals surface area contributed by atoms with E-state index in [0.29, 0.717) is 4.88 Å². The number of rotatable bonds is 8. The average Bonchev–Trinajstić information content (AvgIpc) is 3.28. The first-order chi connectivity index (χ1) is 14.0. The molecule has 3 N–H and O–H groups in total. The maximum atomic E-state index is 12.9. The van der Waals surface area contributed by atoms with E-state index in [1.54, 1.807) is 23.8 Å². The number of primary amides is 1. The summed E-state index contributed by atoms with van der Waals surface area (Å²) in [4.78, 5) is 36.6. The molecule has 0 bridgehead atoms. The molecule has 147 valence electrons. The Morgan fingerprint density at radius 3 is 2.03 bits per heavy atom. The number of hydrogen-bond acceptors (Lipinski definition) is 5. The molecule has 0 spiro atoms. The largest absolute Gasteiger partial charge is 0.452 e. The lowest BCUT2D eigenvalue weighted by atomic mass is 9.94. The van der Waals surface area contributed by atoms with Crippen molar-refractivity contribution in [3.8, 4) is 0 Å². The van der Waals surface area contributed by atoms with Crippen molar-refractivity contribution in [2.45, 2.75) is 18.1 Å². The minimum absolute atomic E-state index is 0.434. The molecule has 1 radical (unpaired) electrons. The molecule has 1 heterocycles. The highest BCUT2D eigenvalue weighted by atomic mass is 32.1. The second-order valence-corrected chi connectivity index (χ2v) is 7.29. The number of benzene rings is 2. The van der Waals surface area contributed by atoms with Crippen LogP contribution in [0, 0.1) is 0 Å². The number of carbonyl (C=O) groups is 2. The lowest BCUT2D eigenvalue weighted by molar-refractivity contribution is -0.148. The molecule has 0 aliphatic heterocycles. The molecule has 7 heteroatoms. The lowest BCUT2D eigenvalue weighted by Gasteiger charge is -2.27. The Balaban J connectivity index is 1.89. The van der Waals surface area contributed by atoms with Crippen LogP contribution in [0.3, 0.4) is 0 Å². The van der Waals surface area contributed by atoms with Crippen LogP contribution in [0.15, 0.2) is 78.2 Å². The van der Waals surface area contributed by atoms with Crippen LogP contribution >= 0.6 is 11.3 Å². The molecule has 1 atom stereocenters. The smallest absolute Gasteiger partial charge is 0.313 e. The summed E-state index contributed by atoms with van der Waals surface area (Å²) < 4.78 is 5.75. The Morgan fingerprint density at radius 1 is 1.00 bits per heavy atom. The van der Waals surface area contributed by atoms with Gasteiger partial charge in [0.05, 0.1) is 6.42 Å². The molecule has 1 unspecified atom stereocenters. The molecule has 0 aliphatic rings. The first-order valence-corrected chi connectivity index (χ1v) is 9.72. The van der Waals surface area contributed by atoms with Gasteiger partial charge in [0, 0.05) is 4.88 Å². The van der Waals surface area contributed by atoms with Gasteiger partial charge in [-0.2, -0.15) is 0 Å². The SMILES string of the molecule is NC(=O)NC([C]=O)(CC(=O)OC(c1ccccc1)c1ccccc1)c1cccs1. The van der Waals surface area contributed by atoms with E-state index in [4.69, 9.17) is 10.5 Å². The number of hydrogen-bond donors (Lipinski definition) is 2. The summed E-state index contributed by atoms with van der Waals surface area (Å²) in [6.07, 6.45) is 0.685. The van der Waals surface area contributed by atoms with E-state index in [9.17, 15) is 14.4 Å². The van der Waals surface area contributed by atoms with Crippen molar-refractivity contribution in [3.05, 3.63) is 94.2 Å². The molecular formula is C22H19N2O4S. The standard InChI is InChI=1S/C22H19N2O4S/c23-21(27)24-22(15-25,18-12-7-13-29-18)14-19(26)28-20(16-8-3-1-4-9-16)17-10-5-2-6-11-17/h1-13,20H,14H2,(H3,23,24,27). The molecule has 0 saturated heterocycles. The van der Waals surface area contributed by atoms with Crippen molar-refractivity contribution in [3.63, 3.8) is 0 Å². The summed E-state index contributed by atoms with van der Waals surface area (Å²) in [7, 11) is 0. The molecule has 1 aromatic heterocycles. The first-order valence-electron chi connectivity index (χ1n) is 8.84. The molecule has 6 nitrogen and oxygen atoms in total. The molecule has 2 aromatic carbocycles. The van der Waals surface area contributed by atoms with Crippen molar-refractivity contribution in [2.24, 2.45) is 5.73 Å². The number of ether oxygens (including phenoxy) is 1. The molecule has 0 aliphatic carbocycles. The Bertz CT molecular complexity index is 922. The second kappa shape index (κ2) is 9.16.